The van der Waals surface area contributed by atoms with Crippen molar-refractivity contribution in [3.05, 3.63) is 180 Å². The van der Waals surface area contributed by atoms with Gasteiger partial charge in [-0.3, -0.25) is 19.2 Å². The summed E-state index contributed by atoms with van der Waals surface area (Å²) in [6.45, 7) is 0. The fourth-order valence-electron chi connectivity index (χ4n) is 5.28. The summed E-state index contributed by atoms with van der Waals surface area (Å²) >= 11 is 1.32. The molecule has 50 heavy (non-hydrogen) atoms. The standard InChI is InChI=1S/C41H32N4O4S/c42-38(46)29-21-23-32(24-22-29)43-41(49)37(28-12-3-1-4-13-28)50-34-19-10-18-33(26-34)44-40(48)36(45-39(47)30-14-5-2-6-15-30)25-31-17-9-16-27-11-7-8-20-35(27)31/h1-26,37H,(H2,42,46)(H,43,49)(H,44,48)(H,45,47)/b36-25+. The van der Waals surface area contributed by atoms with E-state index >= 15 is 0 Å². The van der Waals surface area contributed by atoms with Crippen LogP contribution in [-0.4, -0.2) is 23.6 Å². The van der Waals surface area contributed by atoms with Gasteiger partial charge in [-0.15, -0.1) is 11.8 Å². The van der Waals surface area contributed by atoms with Crippen LogP contribution in [0, 0.1) is 0 Å². The molecule has 8 nitrogen and oxygen atoms in total. The van der Waals surface area contributed by atoms with Gasteiger partial charge in [0.05, 0.1) is 0 Å². The van der Waals surface area contributed by atoms with Crippen LogP contribution in [0.5, 0.6) is 0 Å². The molecule has 1 unspecified atom stereocenters. The number of amides is 4. The smallest absolute Gasteiger partial charge is 0.272 e. The molecule has 0 spiro atoms. The SMILES string of the molecule is NC(=O)c1ccc(NC(=O)C(Sc2cccc(NC(=O)/C(=C\c3cccc4ccccc34)NC(=O)c3ccccc3)c2)c2ccccc2)cc1. The largest absolute Gasteiger partial charge is 0.366 e. The van der Waals surface area contributed by atoms with Gasteiger partial charge in [0.25, 0.3) is 11.8 Å². The monoisotopic (exact) mass is 676 g/mol. The molecule has 9 heteroatoms. The second-order valence-electron chi connectivity index (χ2n) is 11.3. The van der Waals surface area contributed by atoms with Crippen molar-refractivity contribution in [1.82, 2.24) is 5.32 Å². The number of primary amides is 1. The van der Waals surface area contributed by atoms with Crippen LogP contribution in [0.4, 0.5) is 11.4 Å². The van der Waals surface area contributed by atoms with Crippen molar-refractivity contribution in [3.8, 4) is 0 Å². The highest BCUT2D eigenvalue weighted by atomic mass is 32.2. The molecule has 1 atom stereocenters. The van der Waals surface area contributed by atoms with Crippen molar-refractivity contribution in [2.45, 2.75) is 10.1 Å². The van der Waals surface area contributed by atoms with Crippen molar-refractivity contribution >= 4 is 63.6 Å². The highest BCUT2D eigenvalue weighted by Crippen LogP contribution is 2.37. The number of hydrogen-bond donors (Lipinski definition) is 4. The molecule has 0 bridgehead atoms. The van der Waals surface area contributed by atoms with E-state index < -0.39 is 23.0 Å². The number of carbonyl (C=O) groups is 4. The normalized spacial score (nSPS) is 11.7. The van der Waals surface area contributed by atoms with E-state index in [0.29, 0.717) is 22.5 Å². The Morgan fingerprint density at radius 2 is 1.28 bits per heavy atom. The van der Waals surface area contributed by atoms with Gasteiger partial charge in [0.15, 0.2) is 0 Å². The third-order valence-electron chi connectivity index (χ3n) is 7.78. The number of nitrogens with two attached hydrogens (primary N) is 1. The zero-order chi connectivity index (χ0) is 34.9. The van der Waals surface area contributed by atoms with Crippen LogP contribution in [0.15, 0.2) is 162 Å². The topological polar surface area (TPSA) is 130 Å². The molecule has 4 amide bonds. The van der Waals surface area contributed by atoms with Crippen molar-refractivity contribution < 1.29 is 19.2 Å². The number of thioether (sulfide) groups is 1. The first-order valence-electron chi connectivity index (χ1n) is 15.7. The van der Waals surface area contributed by atoms with Gasteiger partial charge in [-0.25, -0.2) is 0 Å². The van der Waals surface area contributed by atoms with Crippen LogP contribution in [0.3, 0.4) is 0 Å². The minimum absolute atomic E-state index is 0.0668. The summed E-state index contributed by atoms with van der Waals surface area (Å²) in [7, 11) is 0. The third kappa shape index (κ3) is 8.33. The Bertz CT molecular complexity index is 2200. The summed E-state index contributed by atoms with van der Waals surface area (Å²) in [6.07, 6.45) is 1.67. The summed E-state index contributed by atoms with van der Waals surface area (Å²) in [6, 6.07) is 45.2. The number of nitrogens with one attached hydrogen (secondary N) is 3. The summed E-state index contributed by atoms with van der Waals surface area (Å²) < 4.78 is 0. The number of hydrogen-bond acceptors (Lipinski definition) is 5. The quantitative estimate of drug-likeness (QED) is 0.0821. The molecule has 0 saturated heterocycles. The van der Waals surface area contributed by atoms with E-state index in [0.717, 1.165) is 26.8 Å². The predicted molar refractivity (Wildman–Crippen MR) is 200 cm³/mol. The zero-order valence-corrected chi connectivity index (χ0v) is 27.5. The lowest BCUT2D eigenvalue weighted by Gasteiger charge is -2.18. The van der Waals surface area contributed by atoms with E-state index in [1.807, 2.05) is 84.9 Å². The molecule has 5 N–H and O–H groups in total. The molecule has 6 aromatic rings. The summed E-state index contributed by atoms with van der Waals surface area (Å²) in [5.41, 5.74) is 8.72. The van der Waals surface area contributed by atoms with Crippen LogP contribution in [0.1, 0.15) is 37.1 Å². The van der Waals surface area contributed by atoms with Gasteiger partial charge >= 0.3 is 0 Å². The molecule has 0 aliphatic carbocycles. The first-order chi connectivity index (χ1) is 24.3. The first kappa shape index (κ1) is 33.5. The van der Waals surface area contributed by atoms with E-state index in [1.165, 1.54) is 11.8 Å². The van der Waals surface area contributed by atoms with E-state index in [4.69, 9.17) is 5.73 Å². The number of anilines is 2. The molecule has 6 rings (SSSR count). The second-order valence-corrected chi connectivity index (χ2v) is 12.4. The molecule has 0 fully saturated rings. The predicted octanol–water partition coefficient (Wildman–Crippen LogP) is 7.82. The molecule has 0 saturated carbocycles. The van der Waals surface area contributed by atoms with Gasteiger partial charge in [-0.05, 0) is 82.6 Å². The Balaban J connectivity index is 1.25. The summed E-state index contributed by atoms with van der Waals surface area (Å²) in [4.78, 5) is 52.9. The van der Waals surface area contributed by atoms with E-state index in [9.17, 15) is 19.2 Å². The lowest BCUT2D eigenvalue weighted by molar-refractivity contribution is -0.116. The molecular formula is C41H32N4O4S. The van der Waals surface area contributed by atoms with Gasteiger partial charge in [0.1, 0.15) is 10.9 Å². The Kier molecular flexibility index (Phi) is 10.5. The van der Waals surface area contributed by atoms with Crippen LogP contribution < -0.4 is 21.7 Å². The second kappa shape index (κ2) is 15.6. The van der Waals surface area contributed by atoms with Gasteiger partial charge in [-0.2, -0.15) is 0 Å². The molecule has 0 aliphatic heterocycles. The minimum Gasteiger partial charge on any atom is -0.366 e. The average Bonchev–Trinajstić information content (AvgIpc) is 3.14. The van der Waals surface area contributed by atoms with Gasteiger partial charge in [-0.1, -0.05) is 97.1 Å². The lowest BCUT2D eigenvalue weighted by atomic mass is 10.0. The van der Waals surface area contributed by atoms with Crippen LogP contribution >= 0.6 is 11.8 Å². The fourth-order valence-corrected chi connectivity index (χ4v) is 6.37. The van der Waals surface area contributed by atoms with Gasteiger partial charge in [0.2, 0.25) is 11.8 Å². The average molecular weight is 677 g/mol. The maximum absolute atomic E-state index is 13.9. The molecule has 0 aromatic heterocycles. The maximum atomic E-state index is 13.9. The van der Waals surface area contributed by atoms with Crippen molar-refractivity contribution in [1.29, 1.82) is 0 Å². The van der Waals surface area contributed by atoms with Gasteiger partial charge < -0.3 is 21.7 Å². The summed E-state index contributed by atoms with van der Waals surface area (Å²) in [5, 5.41) is 9.95. The van der Waals surface area contributed by atoms with Crippen LogP contribution in [0.25, 0.3) is 16.8 Å². The first-order valence-corrected chi connectivity index (χ1v) is 16.6. The Hall–Kier alpha value is -6.45. The van der Waals surface area contributed by atoms with Crippen molar-refractivity contribution in [3.63, 3.8) is 0 Å². The molecule has 246 valence electrons. The Morgan fingerprint density at radius 3 is 2.02 bits per heavy atom. The highest BCUT2D eigenvalue weighted by molar-refractivity contribution is 8.00. The van der Waals surface area contributed by atoms with E-state index in [-0.39, 0.29) is 11.6 Å². The lowest BCUT2D eigenvalue weighted by Crippen LogP contribution is -2.30. The molecule has 0 heterocycles. The van der Waals surface area contributed by atoms with Crippen LogP contribution in [0.2, 0.25) is 0 Å². The maximum Gasteiger partial charge on any atom is 0.272 e. The van der Waals surface area contributed by atoms with E-state index in [2.05, 4.69) is 16.0 Å². The number of carbonyl (C=O) groups excluding carboxylic acids is 4. The fraction of sp³-hybridized carbons (Fsp3) is 0.0244. The third-order valence-corrected chi connectivity index (χ3v) is 9.02. The van der Waals surface area contributed by atoms with Crippen LogP contribution in [-0.2, 0) is 9.59 Å². The molecule has 0 radical (unpaired) electrons. The summed E-state index contributed by atoms with van der Waals surface area (Å²) in [5.74, 6) is -1.76. The Labute approximate surface area is 293 Å². The van der Waals surface area contributed by atoms with Crippen molar-refractivity contribution in [2.75, 3.05) is 10.6 Å². The molecule has 0 aliphatic rings. The number of rotatable bonds is 11. The highest BCUT2D eigenvalue weighted by Gasteiger charge is 2.23. The molecule has 6 aromatic carbocycles. The Morgan fingerprint density at radius 1 is 0.620 bits per heavy atom. The number of benzene rings is 6. The minimum atomic E-state index is -0.648. The van der Waals surface area contributed by atoms with Gasteiger partial charge in [0, 0.05) is 27.4 Å². The van der Waals surface area contributed by atoms with Crippen molar-refractivity contribution in [2.24, 2.45) is 5.73 Å². The molecular weight excluding hydrogens is 645 g/mol. The zero-order valence-electron chi connectivity index (χ0n) is 26.7. The number of fused-ring (bicyclic) bond motifs is 1. The van der Waals surface area contributed by atoms with E-state index in [1.54, 1.807) is 72.8 Å².